The molecule has 0 aliphatic heterocycles. The van der Waals surface area contributed by atoms with Crippen LogP contribution in [0.15, 0.2) is 42.5 Å². The first-order valence-electron chi connectivity index (χ1n) is 7.22. The van der Waals surface area contributed by atoms with Gasteiger partial charge in [0.15, 0.2) is 0 Å². The molecule has 1 N–H and O–H groups in total. The monoisotopic (exact) mass is 335 g/mol. The number of nitrogens with one attached hydrogen (secondary N) is 1. The molecule has 1 unspecified atom stereocenters. The van der Waals surface area contributed by atoms with Gasteiger partial charge in [0.1, 0.15) is 0 Å². The summed E-state index contributed by atoms with van der Waals surface area (Å²) in [4.78, 5) is 2.75. The van der Waals surface area contributed by atoms with Gasteiger partial charge in [-0.15, -0.1) is 22.7 Å². The maximum atomic E-state index is 6.06. The van der Waals surface area contributed by atoms with E-state index in [1.807, 2.05) is 17.4 Å². The van der Waals surface area contributed by atoms with E-state index in [-0.39, 0.29) is 0 Å². The van der Waals surface area contributed by atoms with Gasteiger partial charge < -0.3 is 5.32 Å². The van der Waals surface area contributed by atoms with Crippen molar-refractivity contribution in [3.05, 3.63) is 56.6 Å². The summed E-state index contributed by atoms with van der Waals surface area (Å²) in [6.07, 6.45) is 2.15. The van der Waals surface area contributed by atoms with Gasteiger partial charge in [-0.2, -0.15) is 0 Å². The van der Waals surface area contributed by atoms with Crippen LogP contribution in [0.5, 0.6) is 0 Å². The second-order valence-corrected chi connectivity index (χ2v) is 8.02. The first kappa shape index (κ1) is 15.0. The van der Waals surface area contributed by atoms with Crippen LogP contribution in [0.2, 0.25) is 4.34 Å². The smallest absolute Gasteiger partial charge is 0.0931 e. The largest absolute Gasteiger partial charge is 0.309 e. The van der Waals surface area contributed by atoms with Crippen LogP contribution in [0.25, 0.3) is 10.1 Å². The number of thiophene rings is 2. The molecular weight excluding hydrogens is 318 g/mol. The maximum absolute atomic E-state index is 6.06. The normalized spacial score (nSPS) is 12.9. The van der Waals surface area contributed by atoms with E-state index >= 15 is 0 Å². The van der Waals surface area contributed by atoms with Crippen LogP contribution < -0.4 is 5.32 Å². The second kappa shape index (κ2) is 6.93. The number of halogens is 1. The minimum absolute atomic E-state index is 0.372. The molecule has 1 nitrogen and oxygen atoms in total. The van der Waals surface area contributed by atoms with Crippen molar-refractivity contribution in [3.63, 3.8) is 0 Å². The van der Waals surface area contributed by atoms with Crippen LogP contribution in [0.1, 0.15) is 29.1 Å². The fourth-order valence-electron chi connectivity index (χ4n) is 2.43. The molecule has 110 valence electrons. The Hall–Kier alpha value is -0.870. The van der Waals surface area contributed by atoms with Crippen LogP contribution in [-0.4, -0.2) is 6.54 Å². The van der Waals surface area contributed by atoms with Crippen LogP contribution in [0, 0.1) is 0 Å². The summed E-state index contributed by atoms with van der Waals surface area (Å²) in [6, 6.07) is 15.4. The quantitative estimate of drug-likeness (QED) is 0.591. The fourth-order valence-corrected chi connectivity index (χ4v) is 4.70. The molecule has 3 rings (SSSR count). The lowest BCUT2D eigenvalue weighted by Crippen LogP contribution is -2.22. The molecule has 0 amide bonds. The Bertz CT molecular complexity index is 683. The Morgan fingerprint density at radius 1 is 1.14 bits per heavy atom. The Morgan fingerprint density at radius 2 is 2.00 bits per heavy atom. The summed E-state index contributed by atoms with van der Waals surface area (Å²) in [5.74, 6) is 0. The average molecular weight is 336 g/mol. The first-order valence-corrected chi connectivity index (χ1v) is 9.23. The molecule has 0 bridgehead atoms. The van der Waals surface area contributed by atoms with Crippen molar-refractivity contribution in [2.24, 2.45) is 0 Å². The van der Waals surface area contributed by atoms with Gasteiger partial charge in [0.25, 0.3) is 0 Å². The zero-order valence-corrected chi connectivity index (χ0v) is 14.3. The molecule has 2 aromatic heterocycles. The van der Waals surface area contributed by atoms with E-state index < -0.39 is 0 Å². The minimum atomic E-state index is 0.372. The highest BCUT2D eigenvalue weighted by atomic mass is 35.5. The van der Waals surface area contributed by atoms with E-state index in [9.17, 15) is 0 Å². The van der Waals surface area contributed by atoms with Crippen molar-refractivity contribution < 1.29 is 0 Å². The summed E-state index contributed by atoms with van der Waals surface area (Å²) < 4.78 is 2.23. The summed E-state index contributed by atoms with van der Waals surface area (Å²) in [5.41, 5.74) is 0. The molecular formula is C17H18ClNS2. The van der Waals surface area contributed by atoms with Crippen molar-refractivity contribution in [1.82, 2.24) is 5.32 Å². The van der Waals surface area contributed by atoms with Gasteiger partial charge >= 0.3 is 0 Å². The van der Waals surface area contributed by atoms with E-state index in [2.05, 4.69) is 48.6 Å². The van der Waals surface area contributed by atoms with Crippen molar-refractivity contribution >= 4 is 44.4 Å². The van der Waals surface area contributed by atoms with Gasteiger partial charge in [-0.1, -0.05) is 36.7 Å². The summed E-state index contributed by atoms with van der Waals surface area (Å²) in [5, 5.41) is 5.02. The van der Waals surface area contributed by atoms with Crippen molar-refractivity contribution in [3.8, 4) is 0 Å². The highest BCUT2D eigenvalue weighted by Crippen LogP contribution is 2.33. The van der Waals surface area contributed by atoms with E-state index in [1.165, 1.54) is 19.8 Å². The van der Waals surface area contributed by atoms with E-state index in [4.69, 9.17) is 11.6 Å². The Balaban J connectivity index is 1.86. The number of benzene rings is 1. The molecule has 21 heavy (non-hydrogen) atoms. The lowest BCUT2D eigenvalue weighted by Gasteiger charge is -2.16. The molecule has 0 spiro atoms. The number of rotatable bonds is 6. The van der Waals surface area contributed by atoms with Gasteiger partial charge in [0.2, 0.25) is 0 Å². The molecule has 0 aliphatic rings. The third kappa shape index (κ3) is 3.67. The second-order valence-electron chi connectivity index (χ2n) is 5.10. The van der Waals surface area contributed by atoms with Gasteiger partial charge in [0.05, 0.1) is 4.34 Å². The molecule has 0 radical (unpaired) electrons. The third-order valence-electron chi connectivity index (χ3n) is 3.46. The molecule has 0 saturated heterocycles. The van der Waals surface area contributed by atoms with E-state index in [1.54, 1.807) is 11.3 Å². The van der Waals surface area contributed by atoms with Crippen LogP contribution >= 0.6 is 34.3 Å². The molecule has 1 atom stereocenters. The van der Waals surface area contributed by atoms with Gasteiger partial charge in [-0.05, 0) is 42.6 Å². The summed E-state index contributed by atoms with van der Waals surface area (Å²) in [6.45, 7) is 3.25. The predicted octanol–water partition coefficient (Wildman–Crippen LogP) is 5.90. The lowest BCUT2D eigenvalue weighted by atomic mass is 10.1. The molecule has 0 aliphatic carbocycles. The molecule has 4 heteroatoms. The van der Waals surface area contributed by atoms with Crippen molar-refractivity contribution in [2.45, 2.75) is 25.8 Å². The number of hydrogen-bond acceptors (Lipinski definition) is 3. The Kier molecular flexibility index (Phi) is 4.96. The zero-order valence-electron chi connectivity index (χ0n) is 11.9. The zero-order chi connectivity index (χ0) is 14.7. The summed E-state index contributed by atoms with van der Waals surface area (Å²) >= 11 is 9.63. The topological polar surface area (TPSA) is 12.0 Å². The van der Waals surface area contributed by atoms with E-state index in [0.717, 1.165) is 23.7 Å². The first-order chi connectivity index (χ1) is 10.3. The van der Waals surface area contributed by atoms with Crippen LogP contribution in [-0.2, 0) is 6.42 Å². The molecule has 1 aromatic carbocycles. The highest BCUT2D eigenvalue weighted by molar-refractivity contribution is 7.19. The predicted molar refractivity (Wildman–Crippen MR) is 95.9 cm³/mol. The lowest BCUT2D eigenvalue weighted by molar-refractivity contribution is 0.540. The van der Waals surface area contributed by atoms with Crippen LogP contribution in [0.3, 0.4) is 0 Å². The SMILES string of the molecule is CCCNC(Cc1ccc(Cl)s1)c1cc2ccccc2s1. The van der Waals surface area contributed by atoms with E-state index in [0.29, 0.717) is 6.04 Å². The van der Waals surface area contributed by atoms with Crippen LogP contribution in [0.4, 0.5) is 0 Å². The fraction of sp³-hybridized carbons (Fsp3) is 0.294. The average Bonchev–Trinajstić information content (AvgIpc) is 3.09. The minimum Gasteiger partial charge on any atom is -0.309 e. The van der Waals surface area contributed by atoms with Gasteiger partial charge in [-0.25, -0.2) is 0 Å². The van der Waals surface area contributed by atoms with Crippen molar-refractivity contribution in [2.75, 3.05) is 6.54 Å². The molecule has 2 heterocycles. The van der Waals surface area contributed by atoms with Gasteiger partial charge in [0, 0.05) is 26.9 Å². The standard InChI is InChI=1S/C17H18ClNS2/c1-2-9-19-14(11-13-7-8-17(18)20-13)16-10-12-5-3-4-6-15(12)21-16/h3-8,10,14,19H,2,9,11H2,1H3. The van der Waals surface area contributed by atoms with Crippen molar-refractivity contribution in [1.29, 1.82) is 0 Å². The molecule has 0 saturated carbocycles. The molecule has 0 fully saturated rings. The Labute approximate surface area is 138 Å². The summed E-state index contributed by atoms with van der Waals surface area (Å²) in [7, 11) is 0. The number of hydrogen-bond donors (Lipinski definition) is 1. The highest BCUT2D eigenvalue weighted by Gasteiger charge is 2.15. The Morgan fingerprint density at radius 3 is 2.71 bits per heavy atom. The third-order valence-corrected chi connectivity index (χ3v) is 5.95. The van der Waals surface area contributed by atoms with Gasteiger partial charge in [-0.3, -0.25) is 0 Å². The number of fused-ring (bicyclic) bond motifs is 1. The molecule has 3 aromatic rings. The maximum Gasteiger partial charge on any atom is 0.0931 e.